The van der Waals surface area contributed by atoms with Gasteiger partial charge >= 0.3 is 0 Å². The molecule has 4 heteroatoms. The first-order valence-corrected chi connectivity index (χ1v) is 6.40. The van der Waals surface area contributed by atoms with Gasteiger partial charge in [0.1, 0.15) is 0 Å². The number of hydrogen-bond acceptors (Lipinski definition) is 4. The maximum Gasteiger partial charge on any atom is 0.0933 e. The van der Waals surface area contributed by atoms with E-state index in [1.165, 1.54) is 6.42 Å². The molecule has 0 radical (unpaired) electrons. The van der Waals surface area contributed by atoms with E-state index in [0.29, 0.717) is 0 Å². The molecule has 0 amide bonds. The number of hydrogen-bond donors (Lipinski definition) is 2. The van der Waals surface area contributed by atoms with E-state index < -0.39 is 0 Å². The maximum absolute atomic E-state index is 5.53. The van der Waals surface area contributed by atoms with E-state index in [9.17, 15) is 0 Å². The fraction of sp³-hybridized carbons (Fsp3) is 1.00. The molecule has 0 saturated carbocycles. The third-order valence-electron chi connectivity index (χ3n) is 2.52. The predicted octanol–water partition coefficient (Wildman–Crippen LogP) is 0.627. The lowest BCUT2D eigenvalue weighted by molar-refractivity contribution is -0.0862. The second-order valence-corrected chi connectivity index (χ2v) is 4.72. The summed E-state index contributed by atoms with van der Waals surface area (Å²) < 4.78 is 10.9. The van der Waals surface area contributed by atoms with Crippen molar-refractivity contribution in [2.45, 2.75) is 26.4 Å². The summed E-state index contributed by atoms with van der Waals surface area (Å²) in [6.45, 7) is 10.8. The Labute approximate surface area is 99.1 Å². The van der Waals surface area contributed by atoms with Crippen molar-refractivity contribution in [1.29, 1.82) is 0 Å². The van der Waals surface area contributed by atoms with Crippen LogP contribution in [0.1, 0.15) is 20.3 Å². The van der Waals surface area contributed by atoms with Crippen molar-refractivity contribution in [3.05, 3.63) is 0 Å². The molecular weight excluding hydrogens is 204 g/mol. The second kappa shape index (κ2) is 8.93. The molecule has 0 aliphatic carbocycles. The summed E-state index contributed by atoms with van der Waals surface area (Å²) in [5, 5.41) is 6.83. The Kier molecular flexibility index (Phi) is 7.76. The second-order valence-electron chi connectivity index (χ2n) is 4.72. The first-order chi connectivity index (χ1) is 7.79. The number of nitrogens with one attached hydrogen (secondary N) is 2. The average molecular weight is 230 g/mol. The molecule has 0 spiro atoms. The zero-order valence-electron chi connectivity index (χ0n) is 10.6. The number of rotatable bonds is 8. The summed E-state index contributed by atoms with van der Waals surface area (Å²) in [6.07, 6.45) is 1.41. The highest BCUT2D eigenvalue weighted by Crippen LogP contribution is 1.98. The molecule has 1 heterocycles. The van der Waals surface area contributed by atoms with Gasteiger partial charge in [-0.3, -0.25) is 0 Å². The Morgan fingerprint density at radius 1 is 1.19 bits per heavy atom. The van der Waals surface area contributed by atoms with Crippen LogP contribution >= 0.6 is 0 Å². The lowest BCUT2D eigenvalue weighted by Gasteiger charge is -2.23. The fourth-order valence-electron chi connectivity index (χ4n) is 1.65. The van der Waals surface area contributed by atoms with Crippen molar-refractivity contribution in [2.24, 2.45) is 5.92 Å². The Morgan fingerprint density at radius 2 is 2.00 bits per heavy atom. The normalized spacial score (nSPS) is 21.6. The summed E-state index contributed by atoms with van der Waals surface area (Å²) in [7, 11) is 0. The Hall–Kier alpha value is -0.160. The van der Waals surface area contributed by atoms with Crippen LogP contribution in [0, 0.1) is 5.92 Å². The molecule has 1 fully saturated rings. The van der Waals surface area contributed by atoms with E-state index in [1.807, 2.05) is 0 Å². The van der Waals surface area contributed by atoms with Crippen LogP contribution in [0.4, 0.5) is 0 Å². The highest BCUT2D eigenvalue weighted by Gasteiger charge is 2.12. The van der Waals surface area contributed by atoms with Crippen LogP contribution in [0.5, 0.6) is 0 Å². The molecule has 0 bridgehead atoms. The molecule has 96 valence electrons. The van der Waals surface area contributed by atoms with Gasteiger partial charge < -0.3 is 20.1 Å². The SMILES string of the molecule is CC(C)CNCCCNCC1COCCO1. The predicted molar refractivity (Wildman–Crippen MR) is 65.8 cm³/mol. The Balaban J connectivity index is 1.80. The van der Waals surface area contributed by atoms with Crippen molar-refractivity contribution in [2.75, 3.05) is 46.0 Å². The zero-order valence-corrected chi connectivity index (χ0v) is 10.6. The van der Waals surface area contributed by atoms with Gasteiger partial charge in [0.25, 0.3) is 0 Å². The molecule has 1 aliphatic heterocycles. The molecule has 1 saturated heterocycles. The van der Waals surface area contributed by atoms with Crippen molar-refractivity contribution in [3.8, 4) is 0 Å². The minimum Gasteiger partial charge on any atom is -0.376 e. The fourth-order valence-corrected chi connectivity index (χ4v) is 1.65. The highest BCUT2D eigenvalue weighted by molar-refractivity contribution is 4.64. The van der Waals surface area contributed by atoms with E-state index in [2.05, 4.69) is 24.5 Å². The van der Waals surface area contributed by atoms with Crippen molar-refractivity contribution >= 4 is 0 Å². The number of ether oxygens (including phenoxy) is 2. The van der Waals surface area contributed by atoms with Crippen LogP contribution < -0.4 is 10.6 Å². The zero-order chi connectivity index (χ0) is 11.6. The van der Waals surface area contributed by atoms with Crippen LogP contribution in [0.3, 0.4) is 0 Å². The van der Waals surface area contributed by atoms with Gasteiger partial charge in [0.2, 0.25) is 0 Å². The minimum absolute atomic E-state index is 0.248. The monoisotopic (exact) mass is 230 g/mol. The van der Waals surface area contributed by atoms with Crippen molar-refractivity contribution in [1.82, 2.24) is 10.6 Å². The van der Waals surface area contributed by atoms with Gasteiger partial charge in [-0.15, -0.1) is 0 Å². The topological polar surface area (TPSA) is 42.5 Å². The van der Waals surface area contributed by atoms with Gasteiger partial charge in [-0.1, -0.05) is 13.8 Å². The summed E-state index contributed by atoms with van der Waals surface area (Å²) in [5.41, 5.74) is 0. The van der Waals surface area contributed by atoms with Gasteiger partial charge in [-0.05, 0) is 32.0 Å². The van der Waals surface area contributed by atoms with Crippen LogP contribution in [0.2, 0.25) is 0 Å². The van der Waals surface area contributed by atoms with Crippen molar-refractivity contribution < 1.29 is 9.47 Å². The molecule has 1 unspecified atom stereocenters. The third kappa shape index (κ3) is 7.17. The molecule has 0 aromatic rings. The molecule has 1 atom stereocenters. The minimum atomic E-state index is 0.248. The smallest absolute Gasteiger partial charge is 0.0933 e. The van der Waals surface area contributed by atoms with Gasteiger partial charge in [-0.2, -0.15) is 0 Å². The van der Waals surface area contributed by atoms with E-state index in [4.69, 9.17) is 9.47 Å². The van der Waals surface area contributed by atoms with Crippen molar-refractivity contribution in [3.63, 3.8) is 0 Å². The van der Waals surface area contributed by atoms with Gasteiger partial charge in [0, 0.05) is 6.54 Å². The van der Waals surface area contributed by atoms with E-state index in [1.54, 1.807) is 0 Å². The van der Waals surface area contributed by atoms with Gasteiger partial charge in [-0.25, -0.2) is 0 Å². The molecule has 2 N–H and O–H groups in total. The van der Waals surface area contributed by atoms with Crippen LogP contribution in [-0.4, -0.2) is 52.1 Å². The van der Waals surface area contributed by atoms with Crippen LogP contribution in [0.25, 0.3) is 0 Å². The quantitative estimate of drug-likeness (QED) is 0.600. The summed E-state index contributed by atoms with van der Waals surface area (Å²) in [5.74, 6) is 0.737. The summed E-state index contributed by atoms with van der Waals surface area (Å²) in [4.78, 5) is 0. The molecule has 0 aromatic heterocycles. The maximum atomic E-state index is 5.53. The standard InChI is InChI=1S/C12H26N2O2/c1-11(2)8-13-4-3-5-14-9-12-10-15-6-7-16-12/h11-14H,3-10H2,1-2H3. The summed E-state index contributed by atoms with van der Waals surface area (Å²) >= 11 is 0. The van der Waals surface area contributed by atoms with E-state index in [0.717, 1.165) is 51.9 Å². The first-order valence-electron chi connectivity index (χ1n) is 6.40. The molecule has 16 heavy (non-hydrogen) atoms. The van der Waals surface area contributed by atoms with Crippen LogP contribution in [0.15, 0.2) is 0 Å². The molecule has 1 rings (SSSR count). The first kappa shape index (κ1) is 13.9. The Morgan fingerprint density at radius 3 is 2.69 bits per heavy atom. The molecule has 4 nitrogen and oxygen atoms in total. The summed E-state index contributed by atoms with van der Waals surface area (Å²) in [6, 6.07) is 0. The van der Waals surface area contributed by atoms with Gasteiger partial charge in [0.15, 0.2) is 0 Å². The van der Waals surface area contributed by atoms with E-state index in [-0.39, 0.29) is 6.10 Å². The Bertz CT molecular complexity index is 159. The van der Waals surface area contributed by atoms with Crippen LogP contribution in [-0.2, 0) is 9.47 Å². The third-order valence-corrected chi connectivity index (χ3v) is 2.52. The highest BCUT2D eigenvalue weighted by atomic mass is 16.6. The largest absolute Gasteiger partial charge is 0.376 e. The van der Waals surface area contributed by atoms with E-state index >= 15 is 0 Å². The lowest BCUT2D eigenvalue weighted by Crippen LogP contribution is -2.38. The van der Waals surface area contributed by atoms with Gasteiger partial charge in [0.05, 0.1) is 25.9 Å². The molecular formula is C12H26N2O2. The molecule has 0 aromatic carbocycles. The molecule has 1 aliphatic rings. The lowest BCUT2D eigenvalue weighted by atomic mass is 10.2. The average Bonchev–Trinajstić information content (AvgIpc) is 2.29.